The summed E-state index contributed by atoms with van der Waals surface area (Å²) in [5.41, 5.74) is 0.133. The summed E-state index contributed by atoms with van der Waals surface area (Å²) in [6.07, 6.45) is 0.961. The van der Waals surface area contributed by atoms with E-state index in [2.05, 4.69) is 20.8 Å². The fourth-order valence-electron chi connectivity index (χ4n) is 2.02. The number of carbonyl (C=O) groups excluding carboxylic acids is 1. The molecule has 1 N–H and O–H groups in total. The Morgan fingerprint density at radius 2 is 1.88 bits per heavy atom. The highest BCUT2D eigenvalue weighted by Crippen LogP contribution is 2.37. The minimum atomic E-state index is -1.04. The summed E-state index contributed by atoms with van der Waals surface area (Å²) >= 11 is 0. The Hall–Kier alpha value is -1.06. The number of hydrogen-bond acceptors (Lipinski definition) is 2. The van der Waals surface area contributed by atoms with Crippen molar-refractivity contribution in [3.8, 4) is 0 Å². The number of carbonyl (C=O) groups is 2. The molecule has 1 heterocycles. The zero-order valence-electron chi connectivity index (χ0n) is 10.5. The highest BCUT2D eigenvalue weighted by atomic mass is 16.4. The molecule has 16 heavy (non-hydrogen) atoms. The minimum Gasteiger partial charge on any atom is -0.481 e. The van der Waals surface area contributed by atoms with E-state index in [1.165, 1.54) is 6.92 Å². The lowest BCUT2D eigenvalue weighted by Crippen LogP contribution is -2.38. The van der Waals surface area contributed by atoms with Crippen molar-refractivity contribution in [3.63, 3.8) is 0 Å². The summed E-state index contributed by atoms with van der Waals surface area (Å²) in [5, 5.41) is 8.80. The Morgan fingerprint density at radius 3 is 2.25 bits per heavy atom. The van der Waals surface area contributed by atoms with Crippen LogP contribution in [0, 0.1) is 17.3 Å². The predicted molar refractivity (Wildman–Crippen MR) is 60.9 cm³/mol. The summed E-state index contributed by atoms with van der Waals surface area (Å²) in [6.45, 7) is 9.28. The third kappa shape index (κ3) is 2.36. The van der Waals surface area contributed by atoms with Gasteiger partial charge in [-0.3, -0.25) is 9.59 Å². The number of hydrogen-bond donors (Lipinski definition) is 1. The first kappa shape index (κ1) is 13.0. The standard InChI is InChI=1S/C12H21NO3/c1-8(2)12(4)5-6-13(7-12)10(14)9(3)11(15)16/h8-9H,5-7H2,1-4H3,(H,15,16)/t9?,12-/m0/s1. The van der Waals surface area contributed by atoms with Gasteiger partial charge in [0.05, 0.1) is 0 Å². The molecule has 0 aromatic rings. The molecule has 0 aromatic carbocycles. The highest BCUT2D eigenvalue weighted by Gasteiger charge is 2.40. The van der Waals surface area contributed by atoms with Crippen LogP contribution in [0.3, 0.4) is 0 Å². The molecule has 0 spiro atoms. The number of rotatable bonds is 3. The van der Waals surface area contributed by atoms with Crippen LogP contribution in [0.25, 0.3) is 0 Å². The minimum absolute atomic E-state index is 0.133. The number of likely N-dealkylation sites (tertiary alicyclic amines) is 1. The summed E-state index contributed by atoms with van der Waals surface area (Å²) < 4.78 is 0. The molecule has 0 aliphatic carbocycles. The molecular formula is C12H21NO3. The van der Waals surface area contributed by atoms with Crippen LogP contribution in [0.5, 0.6) is 0 Å². The molecule has 2 atom stereocenters. The van der Waals surface area contributed by atoms with E-state index in [1.54, 1.807) is 4.90 Å². The molecular weight excluding hydrogens is 206 g/mol. The van der Waals surface area contributed by atoms with E-state index in [1.807, 2.05) is 0 Å². The van der Waals surface area contributed by atoms with Gasteiger partial charge in [0.1, 0.15) is 5.92 Å². The maximum atomic E-state index is 11.8. The van der Waals surface area contributed by atoms with Crippen molar-refractivity contribution in [1.82, 2.24) is 4.90 Å². The molecule has 1 fully saturated rings. The molecule has 1 aliphatic rings. The number of amides is 1. The van der Waals surface area contributed by atoms with Crippen molar-refractivity contribution in [2.75, 3.05) is 13.1 Å². The van der Waals surface area contributed by atoms with E-state index >= 15 is 0 Å². The Balaban J connectivity index is 2.67. The quantitative estimate of drug-likeness (QED) is 0.745. The molecule has 0 aromatic heterocycles. The van der Waals surface area contributed by atoms with Crippen molar-refractivity contribution in [1.29, 1.82) is 0 Å². The van der Waals surface area contributed by atoms with Crippen LogP contribution in [0.1, 0.15) is 34.1 Å². The zero-order valence-corrected chi connectivity index (χ0v) is 10.5. The number of nitrogens with zero attached hydrogens (tertiary/aromatic N) is 1. The second-order valence-electron chi connectivity index (χ2n) is 5.38. The van der Waals surface area contributed by atoms with Gasteiger partial charge in [-0.1, -0.05) is 20.8 Å². The predicted octanol–water partition coefficient (Wildman–Crippen LogP) is 1.60. The second-order valence-corrected chi connectivity index (χ2v) is 5.38. The van der Waals surface area contributed by atoms with Crippen molar-refractivity contribution >= 4 is 11.9 Å². The third-order valence-electron chi connectivity index (χ3n) is 3.95. The largest absolute Gasteiger partial charge is 0.481 e. The van der Waals surface area contributed by atoms with Gasteiger partial charge in [-0.2, -0.15) is 0 Å². The molecule has 92 valence electrons. The highest BCUT2D eigenvalue weighted by molar-refractivity contribution is 5.96. The smallest absolute Gasteiger partial charge is 0.315 e. The van der Waals surface area contributed by atoms with E-state index in [4.69, 9.17) is 5.11 Å². The first-order chi connectivity index (χ1) is 7.28. The van der Waals surface area contributed by atoms with Gasteiger partial charge in [0.15, 0.2) is 0 Å². The Bertz CT molecular complexity index is 301. The lowest BCUT2D eigenvalue weighted by molar-refractivity contribution is -0.150. The topological polar surface area (TPSA) is 57.6 Å². The van der Waals surface area contributed by atoms with Crippen LogP contribution >= 0.6 is 0 Å². The molecule has 1 rings (SSSR count). The lowest BCUT2D eigenvalue weighted by atomic mass is 9.78. The Kier molecular flexibility index (Phi) is 3.61. The summed E-state index contributed by atoms with van der Waals surface area (Å²) in [7, 11) is 0. The molecule has 1 saturated heterocycles. The van der Waals surface area contributed by atoms with Gasteiger partial charge in [-0.15, -0.1) is 0 Å². The van der Waals surface area contributed by atoms with Crippen molar-refractivity contribution in [2.24, 2.45) is 17.3 Å². The molecule has 0 radical (unpaired) electrons. The van der Waals surface area contributed by atoms with Crippen molar-refractivity contribution in [3.05, 3.63) is 0 Å². The van der Waals surface area contributed by atoms with Crippen molar-refractivity contribution in [2.45, 2.75) is 34.1 Å². The van der Waals surface area contributed by atoms with E-state index in [0.717, 1.165) is 6.42 Å². The van der Waals surface area contributed by atoms with Gasteiger partial charge >= 0.3 is 5.97 Å². The maximum absolute atomic E-state index is 11.8. The van der Waals surface area contributed by atoms with Gasteiger partial charge in [-0.05, 0) is 24.7 Å². The van der Waals surface area contributed by atoms with E-state index in [0.29, 0.717) is 19.0 Å². The second kappa shape index (κ2) is 4.44. The third-order valence-corrected chi connectivity index (χ3v) is 3.95. The first-order valence-electron chi connectivity index (χ1n) is 5.79. The van der Waals surface area contributed by atoms with E-state index < -0.39 is 11.9 Å². The molecule has 1 aliphatic heterocycles. The molecule has 4 heteroatoms. The van der Waals surface area contributed by atoms with Gasteiger partial charge in [0, 0.05) is 13.1 Å². The number of carboxylic acid groups (broad SMARTS) is 1. The van der Waals surface area contributed by atoms with Crippen LogP contribution in [0.4, 0.5) is 0 Å². The maximum Gasteiger partial charge on any atom is 0.315 e. The van der Waals surface area contributed by atoms with Crippen LogP contribution in [-0.4, -0.2) is 35.0 Å². The van der Waals surface area contributed by atoms with E-state index in [9.17, 15) is 9.59 Å². The average Bonchev–Trinajstić information content (AvgIpc) is 2.60. The molecule has 0 saturated carbocycles. The van der Waals surface area contributed by atoms with Crippen LogP contribution in [-0.2, 0) is 9.59 Å². The molecule has 1 unspecified atom stereocenters. The Morgan fingerprint density at radius 1 is 1.31 bits per heavy atom. The van der Waals surface area contributed by atoms with Crippen LogP contribution in [0.2, 0.25) is 0 Å². The Labute approximate surface area is 96.6 Å². The fraction of sp³-hybridized carbons (Fsp3) is 0.833. The molecule has 0 bridgehead atoms. The molecule has 4 nitrogen and oxygen atoms in total. The average molecular weight is 227 g/mol. The van der Waals surface area contributed by atoms with Gasteiger partial charge in [0.25, 0.3) is 0 Å². The summed E-state index contributed by atoms with van der Waals surface area (Å²) in [5.74, 6) is -1.71. The van der Waals surface area contributed by atoms with E-state index in [-0.39, 0.29) is 11.3 Å². The van der Waals surface area contributed by atoms with Crippen LogP contribution in [0.15, 0.2) is 0 Å². The van der Waals surface area contributed by atoms with Gasteiger partial charge in [-0.25, -0.2) is 0 Å². The fourth-order valence-corrected chi connectivity index (χ4v) is 2.02. The molecule has 1 amide bonds. The lowest BCUT2D eigenvalue weighted by Gasteiger charge is -2.29. The monoisotopic (exact) mass is 227 g/mol. The van der Waals surface area contributed by atoms with Gasteiger partial charge in [0.2, 0.25) is 5.91 Å². The number of aliphatic carboxylic acids is 1. The zero-order chi connectivity index (χ0) is 12.5. The van der Waals surface area contributed by atoms with Crippen molar-refractivity contribution < 1.29 is 14.7 Å². The summed E-state index contributed by atoms with van der Waals surface area (Å²) in [6, 6.07) is 0. The number of carboxylic acids is 1. The first-order valence-corrected chi connectivity index (χ1v) is 5.79. The SMILES string of the molecule is CC(C(=O)O)C(=O)N1CC[C@](C)(C(C)C)C1. The normalized spacial score (nSPS) is 27.2. The summed E-state index contributed by atoms with van der Waals surface area (Å²) in [4.78, 5) is 24.3. The van der Waals surface area contributed by atoms with Gasteiger partial charge < -0.3 is 10.0 Å². The van der Waals surface area contributed by atoms with Crippen LogP contribution < -0.4 is 0 Å².